The summed E-state index contributed by atoms with van der Waals surface area (Å²) in [6.07, 6.45) is 0. The van der Waals surface area contributed by atoms with Crippen LogP contribution in [0.4, 0.5) is 0 Å². The van der Waals surface area contributed by atoms with Gasteiger partial charge in [-0.15, -0.1) is 0 Å². The van der Waals surface area contributed by atoms with E-state index in [1.54, 1.807) is 0 Å². The first-order chi connectivity index (χ1) is 8.88. The third-order valence-electron chi connectivity index (χ3n) is 3.35. The van der Waals surface area contributed by atoms with Crippen LogP contribution in [0.3, 0.4) is 0 Å². The van der Waals surface area contributed by atoms with Crippen molar-refractivity contribution in [2.75, 3.05) is 0 Å². The SMILES string of the molecule is Cc1cc(Cl)cc(C(Br)c2c(C)cc(C)cc2C)c1. The van der Waals surface area contributed by atoms with Crippen LogP contribution in [0.2, 0.25) is 5.02 Å². The largest absolute Gasteiger partial charge is 0.0843 e. The summed E-state index contributed by atoms with van der Waals surface area (Å²) in [5, 5.41) is 0.793. The Kier molecular flexibility index (Phi) is 4.37. The lowest BCUT2D eigenvalue weighted by molar-refractivity contribution is 1.10. The van der Waals surface area contributed by atoms with Gasteiger partial charge in [-0.05, 0) is 67.6 Å². The predicted molar refractivity (Wildman–Crippen MR) is 87.6 cm³/mol. The van der Waals surface area contributed by atoms with E-state index in [2.05, 4.69) is 61.8 Å². The van der Waals surface area contributed by atoms with Gasteiger partial charge in [-0.1, -0.05) is 51.3 Å². The van der Waals surface area contributed by atoms with E-state index in [4.69, 9.17) is 11.6 Å². The maximum absolute atomic E-state index is 6.17. The fourth-order valence-corrected chi connectivity index (χ4v) is 3.95. The lowest BCUT2D eigenvalue weighted by Gasteiger charge is -2.18. The quantitative estimate of drug-likeness (QED) is 0.584. The average Bonchev–Trinajstić information content (AvgIpc) is 2.25. The van der Waals surface area contributed by atoms with Crippen molar-refractivity contribution >= 4 is 27.5 Å². The van der Waals surface area contributed by atoms with Crippen LogP contribution in [-0.4, -0.2) is 0 Å². The highest BCUT2D eigenvalue weighted by Gasteiger charge is 2.16. The lowest BCUT2D eigenvalue weighted by Crippen LogP contribution is -2.00. The van der Waals surface area contributed by atoms with Crippen LogP contribution in [0.15, 0.2) is 30.3 Å². The van der Waals surface area contributed by atoms with E-state index in [0.29, 0.717) is 0 Å². The monoisotopic (exact) mass is 336 g/mol. The summed E-state index contributed by atoms with van der Waals surface area (Å²) < 4.78 is 0. The first-order valence-corrected chi connectivity index (χ1v) is 7.66. The summed E-state index contributed by atoms with van der Waals surface area (Å²) in [4.78, 5) is 0.186. The molecular formula is C17H18BrCl. The van der Waals surface area contributed by atoms with E-state index in [-0.39, 0.29) is 4.83 Å². The molecule has 2 heteroatoms. The van der Waals surface area contributed by atoms with Crippen molar-refractivity contribution in [3.8, 4) is 0 Å². The van der Waals surface area contributed by atoms with Crippen LogP contribution in [-0.2, 0) is 0 Å². The molecule has 0 fully saturated rings. The van der Waals surface area contributed by atoms with Gasteiger partial charge in [0.25, 0.3) is 0 Å². The number of hydrogen-bond acceptors (Lipinski definition) is 0. The molecule has 1 atom stereocenters. The molecule has 0 amide bonds. The van der Waals surface area contributed by atoms with Crippen LogP contribution in [0.5, 0.6) is 0 Å². The molecule has 2 aromatic rings. The molecule has 0 aliphatic carbocycles. The lowest BCUT2D eigenvalue weighted by atomic mass is 9.93. The molecule has 0 aliphatic rings. The van der Waals surface area contributed by atoms with Crippen molar-refractivity contribution < 1.29 is 0 Å². The highest BCUT2D eigenvalue weighted by molar-refractivity contribution is 9.09. The third-order valence-corrected chi connectivity index (χ3v) is 4.55. The number of rotatable bonds is 2. The van der Waals surface area contributed by atoms with Gasteiger partial charge in [-0.3, -0.25) is 0 Å². The second-order valence-corrected chi connectivity index (χ2v) is 6.59. The van der Waals surface area contributed by atoms with Gasteiger partial charge in [0.2, 0.25) is 0 Å². The highest BCUT2D eigenvalue weighted by Crippen LogP contribution is 2.36. The Morgan fingerprint density at radius 3 is 1.89 bits per heavy atom. The minimum Gasteiger partial charge on any atom is -0.0843 e. The summed E-state index contributed by atoms with van der Waals surface area (Å²) in [6, 6.07) is 10.7. The first kappa shape index (κ1) is 14.6. The van der Waals surface area contributed by atoms with Gasteiger partial charge in [-0.2, -0.15) is 0 Å². The van der Waals surface area contributed by atoms with Crippen LogP contribution >= 0.6 is 27.5 Å². The predicted octanol–water partition coefficient (Wildman–Crippen LogP) is 6.06. The molecule has 0 aliphatic heterocycles. The standard InChI is InChI=1S/C17H18BrCl/c1-10-5-12(3)16(13(4)6-10)17(18)14-7-11(2)8-15(19)9-14/h5-9,17H,1-4H3. The molecule has 0 spiro atoms. The van der Waals surface area contributed by atoms with Gasteiger partial charge in [0.15, 0.2) is 0 Å². The Bertz CT molecular complexity index is 573. The molecule has 2 rings (SSSR count). The molecule has 0 bridgehead atoms. The minimum atomic E-state index is 0.186. The zero-order valence-corrected chi connectivity index (χ0v) is 14.1. The zero-order chi connectivity index (χ0) is 14.2. The van der Waals surface area contributed by atoms with Crippen molar-refractivity contribution in [1.82, 2.24) is 0 Å². The summed E-state index contributed by atoms with van der Waals surface area (Å²) in [7, 11) is 0. The van der Waals surface area contributed by atoms with Crippen LogP contribution in [0, 0.1) is 27.7 Å². The van der Waals surface area contributed by atoms with E-state index in [0.717, 1.165) is 5.02 Å². The first-order valence-electron chi connectivity index (χ1n) is 6.37. The van der Waals surface area contributed by atoms with Crippen molar-refractivity contribution in [3.05, 3.63) is 68.7 Å². The maximum atomic E-state index is 6.17. The second-order valence-electron chi connectivity index (χ2n) is 5.24. The van der Waals surface area contributed by atoms with Crippen molar-refractivity contribution in [2.24, 2.45) is 0 Å². The molecule has 2 aromatic carbocycles. The summed E-state index contributed by atoms with van der Waals surface area (Å²) in [6.45, 7) is 8.54. The van der Waals surface area contributed by atoms with E-state index >= 15 is 0 Å². The van der Waals surface area contributed by atoms with Gasteiger partial charge in [-0.25, -0.2) is 0 Å². The summed E-state index contributed by atoms with van der Waals surface area (Å²) in [5.74, 6) is 0. The van der Waals surface area contributed by atoms with Crippen LogP contribution < -0.4 is 0 Å². The summed E-state index contributed by atoms with van der Waals surface area (Å²) >= 11 is 10.00. The van der Waals surface area contributed by atoms with E-state index in [1.807, 2.05) is 12.1 Å². The fraction of sp³-hybridized carbons (Fsp3) is 0.294. The van der Waals surface area contributed by atoms with Crippen LogP contribution in [0.25, 0.3) is 0 Å². The van der Waals surface area contributed by atoms with E-state index in [9.17, 15) is 0 Å². The molecule has 0 nitrogen and oxygen atoms in total. The number of benzene rings is 2. The molecule has 0 radical (unpaired) electrons. The molecule has 0 saturated carbocycles. The molecule has 0 aromatic heterocycles. The third kappa shape index (κ3) is 3.21. The smallest absolute Gasteiger partial charge is 0.0650 e. The average molecular weight is 338 g/mol. The Balaban J connectivity index is 2.52. The van der Waals surface area contributed by atoms with E-state index in [1.165, 1.54) is 33.4 Å². The van der Waals surface area contributed by atoms with Crippen LogP contribution in [0.1, 0.15) is 38.2 Å². The topological polar surface area (TPSA) is 0 Å². The van der Waals surface area contributed by atoms with Crippen molar-refractivity contribution in [2.45, 2.75) is 32.5 Å². The van der Waals surface area contributed by atoms with Gasteiger partial charge in [0.1, 0.15) is 0 Å². The van der Waals surface area contributed by atoms with Crippen molar-refractivity contribution in [1.29, 1.82) is 0 Å². The molecule has 0 N–H and O–H groups in total. The molecule has 0 saturated heterocycles. The highest BCUT2D eigenvalue weighted by atomic mass is 79.9. The molecule has 1 unspecified atom stereocenters. The number of alkyl halides is 1. The van der Waals surface area contributed by atoms with Crippen molar-refractivity contribution in [3.63, 3.8) is 0 Å². The number of aryl methyl sites for hydroxylation is 4. The van der Waals surface area contributed by atoms with Gasteiger partial charge in [0.05, 0.1) is 4.83 Å². The minimum absolute atomic E-state index is 0.186. The normalized spacial score (nSPS) is 12.5. The Hall–Kier alpha value is -0.790. The Labute approximate surface area is 128 Å². The molecule has 100 valence electrons. The maximum Gasteiger partial charge on any atom is 0.0650 e. The zero-order valence-electron chi connectivity index (χ0n) is 11.7. The summed E-state index contributed by atoms with van der Waals surface area (Å²) in [5.41, 5.74) is 7.68. The Morgan fingerprint density at radius 1 is 0.842 bits per heavy atom. The second kappa shape index (κ2) is 5.68. The van der Waals surface area contributed by atoms with Gasteiger partial charge >= 0.3 is 0 Å². The Morgan fingerprint density at radius 2 is 1.37 bits per heavy atom. The molecule has 19 heavy (non-hydrogen) atoms. The van der Waals surface area contributed by atoms with E-state index < -0.39 is 0 Å². The van der Waals surface area contributed by atoms with Gasteiger partial charge < -0.3 is 0 Å². The number of hydrogen-bond donors (Lipinski definition) is 0. The number of halogens is 2. The molecule has 0 heterocycles. The molecular weight excluding hydrogens is 320 g/mol. The fourth-order valence-electron chi connectivity index (χ4n) is 2.67. The van der Waals surface area contributed by atoms with Gasteiger partial charge in [0, 0.05) is 5.02 Å².